The van der Waals surface area contributed by atoms with Gasteiger partial charge in [0.2, 0.25) is 15.0 Å². The zero-order valence-corrected chi connectivity index (χ0v) is 8.64. The van der Waals surface area contributed by atoms with Crippen molar-refractivity contribution < 1.29 is 8.42 Å². The number of hydrogen-bond acceptors (Lipinski definition) is 4. The van der Waals surface area contributed by atoms with Gasteiger partial charge in [0, 0.05) is 17.8 Å². The third-order valence-electron chi connectivity index (χ3n) is 1.40. The van der Waals surface area contributed by atoms with Crippen molar-refractivity contribution in [3.05, 3.63) is 18.0 Å². The monoisotopic (exact) mass is 220 g/mol. The summed E-state index contributed by atoms with van der Waals surface area (Å²) in [5.74, 6) is -0.0718. The Labute approximate surface area is 81.9 Å². The Balaban J connectivity index is 3.08. The van der Waals surface area contributed by atoms with Crippen LogP contribution in [0.1, 0.15) is 5.69 Å². The number of alkyl halides is 1. The molecule has 0 fully saturated rings. The summed E-state index contributed by atoms with van der Waals surface area (Å²) in [7, 11) is -3.39. The molecule has 0 atom stereocenters. The summed E-state index contributed by atoms with van der Waals surface area (Å²) in [6.45, 7) is 1.71. The molecule has 0 bridgehead atoms. The van der Waals surface area contributed by atoms with E-state index in [9.17, 15) is 8.42 Å². The first-order chi connectivity index (χ1) is 6.06. The fraction of sp³-hybridized carbons (Fsp3) is 0.429. The normalized spacial score (nSPS) is 11.5. The van der Waals surface area contributed by atoms with Crippen LogP contribution in [-0.2, 0) is 9.84 Å². The van der Waals surface area contributed by atoms with Gasteiger partial charge in [-0.2, -0.15) is 0 Å². The van der Waals surface area contributed by atoms with Crippen molar-refractivity contribution in [3.63, 3.8) is 0 Å². The molecule has 0 aliphatic heterocycles. The molecule has 1 heterocycles. The van der Waals surface area contributed by atoms with Crippen molar-refractivity contribution in [1.29, 1.82) is 0 Å². The topological polar surface area (TPSA) is 59.9 Å². The zero-order valence-electron chi connectivity index (χ0n) is 7.07. The van der Waals surface area contributed by atoms with Gasteiger partial charge in [0.15, 0.2) is 0 Å². The van der Waals surface area contributed by atoms with Gasteiger partial charge < -0.3 is 0 Å². The average molecular weight is 221 g/mol. The molecule has 1 aromatic rings. The Hall–Kier alpha value is -0.680. The molecule has 6 heteroatoms. The Morgan fingerprint density at radius 1 is 1.54 bits per heavy atom. The molecule has 0 aromatic carbocycles. The van der Waals surface area contributed by atoms with Gasteiger partial charge in [-0.1, -0.05) is 0 Å². The third kappa shape index (κ3) is 2.63. The van der Waals surface area contributed by atoms with Crippen LogP contribution in [0, 0.1) is 6.92 Å². The van der Waals surface area contributed by atoms with Gasteiger partial charge >= 0.3 is 0 Å². The molecule has 0 unspecified atom stereocenters. The lowest BCUT2D eigenvalue weighted by Gasteiger charge is -1.99. The van der Waals surface area contributed by atoms with E-state index in [1.807, 2.05) is 0 Å². The molecule has 1 aromatic heterocycles. The number of sulfone groups is 1. The quantitative estimate of drug-likeness (QED) is 0.559. The summed E-state index contributed by atoms with van der Waals surface area (Å²) in [5, 5.41) is -0.145. The molecular formula is C7H9ClN2O2S. The average Bonchev–Trinajstić information content (AvgIpc) is 2.04. The lowest BCUT2D eigenvalue weighted by Crippen LogP contribution is -2.12. The van der Waals surface area contributed by atoms with Crippen LogP contribution in [0.15, 0.2) is 17.4 Å². The van der Waals surface area contributed by atoms with Crippen molar-refractivity contribution in [1.82, 2.24) is 9.97 Å². The Bertz CT molecular complexity index is 391. The molecule has 0 aliphatic carbocycles. The first-order valence-corrected chi connectivity index (χ1v) is 5.83. The van der Waals surface area contributed by atoms with Crippen LogP contribution in [0.2, 0.25) is 0 Å². The number of aryl methyl sites for hydroxylation is 1. The maximum Gasteiger partial charge on any atom is 0.247 e. The summed E-state index contributed by atoms with van der Waals surface area (Å²) in [4.78, 5) is 7.48. The molecule has 1 rings (SSSR count). The highest BCUT2D eigenvalue weighted by Gasteiger charge is 2.16. The van der Waals surface area contributed by atoms with Crippen LogP contribution in [0.3, 0.4) is 0 Å². The molecule has 0 radical (unpaired) electrons. The van der Waals surface area contributed by atoms with Gasteiger partial charge in [-0.25, -0.2) is 18.4 Å². The molecule has 0 amide bonds. The van der Waals surface area contributed by atoms with Gasteiger partial charge in [-0.05, 0) is 13.0 Å². The standard InChI is InChI=1S/C7H9ClN2O2S/c1-6-2-4-9-7(10-6)13(11,12)5-3-8/h2,4H,3,5H2,1H3. The van der Waals surface area contributed by atoms with E-state index in [1.165, 1.54) is 6.20 Å². The van der Waals surface area contributed by atoms with Crippen LogP contribution in [0.25, 0.3) is 0 Å². The van der Waals surface area contributed by atoms with Crippen LogP contribution in [0.4, 0.5) is 0 Å². The summed E-state index contributed by atoms with van der Waals surface area (Å²) >= 11 is 5.34. The van der Waals surface area contributed by atoms with Crippen LogP contribution in [-0.4, -0.2) is 30.0 Å². The predicted octanol–water partition coefficient (Wildman–Crippen LogP) is 0.798. The lowest BCUT2D eigenvalue weighted by molar-refractivity contribution is 0.587. The van der Waals surface area contributed by atoms with E-state index in [0.29, 0.717) is 5.69 Å². The van der Waals surface area contributed by atoms with E-state index in [2.05, 4.69) is 9.97 Å². The summed E-state index contributed by atoms with van der Waals surface area (Å²) in [6.07, 6.45) is 1.42. The van der Waals surface area contributed by atoms with E-state index < -0.39 is 9.84 Å². The molecule has 4 nitrogen and oxygen atoms in total. The van der Waals surface area contributed by atoms with E-state index in [0.717, 1.165) is 0 Å². The fourth-order valence-electron chi connectivity index (χ4n) is 0.769. The molecular weight excluding hydrogens is 212 g/mol. The van der Waals surface area contributed by atoms with Crippen molar-refractivity contribution in [2.45, 2.75) is 12.1 Å². The van der Waals surface area contributed by atoms with Crippen LogP contribution in [0.5, 0.6) is 0 Å². The minimum atomic E-state index is -3.39. The first-order valence-electron chi connectivity index (χ1n) is 3.64. The molecule has 0 N–H and O–H groups in total. The van der Waals surface area contributed by atoms with Crippen molar-refractivity contribution in [2.75, 3.05) is 11.6 Å². The second-order valence-electron chi connectivity index (χ2n) is 2.49. The van der Waals surface area contributed by atoms with Crippen molar-refractivity contribution in [3.8, 4) is 0 Å². The highest BCUT2D eigenvalue weighted by Crippen LogP contribution is 2.05. The Morgan fingerprint density at radius 2 is 2.23 bits per heavy atom. The summed E-state index contributed by atoms with van der Waals surface area (Å²) in [6, 6.07) is 1.64. The number of rotatable bonds is 3. The molecule has 13 heavy (non-hydrogen) atoms. The van der Waals surface area contributed by atoms with Gasteiger partial charge in [-0.15, -0.1) is 11.6 Å². The van der Waals surface area contributed by atoms with Crippen LogP contribution >= 0.6 is 11.6 Å². The zero-order chi connectivity index (χ0) is 9.90. The molecule has 0 saturated heterocycles. The van der Waals surface area contributed by atoms with Gasteiger partial charge in [0.05, 0.1) is 5.75 Å². The Morgan fingerprint density at radius 3 is 2.77 bits per heavy atom. The predicted molar refractivity (Wildman–Crippen MR) is 49.5 cm³/mol. The van der Waals surface area contributed by atoms with E-state index in [-0.39, 0.29) is 16.8 Å². The maximum atomic E-state index is 11.4. The minimum Gasteiger partial charge on any atom is -0.227 e. The molecule has 72 valence electrons. The fourth-order valence-corrected chi connectivity index (χ4v) is 2.27. The van der Waals surface area contributed by atoms with E-state index in [4.69, 9.17) is 11.6 Å². The summed E-state index contributed by atoms with van der Waals surface area (Å²) in [5.41, 5.74) is 0.628. The lowest BCUT2D eigenvalue weighted by atomic mass is 10.5. The SMILES string of the molecule is Cc1ccnc(S(=O)(=O)CCCl)n1. The number of halogens is 1. The molecule has 0 saturated carbocycles. The summed E-state index contributed by atoms with van der Waals surface area (Å²) < 4.78 is 22.7. The highest BCUT2D eigenvalue weighted by atomic mass is 35.5. The van der Waals surface area contributed by atoms with Crippen LogP contribution < -0.4 is 0 Å². The second-order valence-corrected chi connectivity index (χ2v) is 4.87. The third-order valence-corrected chi connectivity index (χ3v) is 3.30. The number of aromatic nitrogens is 2. The number of nitrogens with zero attached hydrogens (tertiary/aromatic N) is 2. The highest BCUT2D eigenvalue weighted by molar-refractivity contribution is 7.91. The van der Waals surface area contributed by atoms with Gasteiger partial charge in [0.25, 0.3) is 0 Å². The number of hydrogen-bond donors (Lipinski definition) is 0. The van der Waals surface area contributed by atoms with Crippen molar-refractivity contribution in [2.24, 2.45) is 0 Å². The second kappa shape index (κ2) is 4.02. The van der Waals surface area contributed by atoms with E-state index >= 15 is 0 Å². The van der Waals surface area contributed by atoms with Gasteiger partial charge in [0.1, 0.15) is 0 Å². The molecule has 0 spiro atoms. The minimum absolute atomic E-state index is 0.0552. The first kappa shape index (κ1) is 10.4. The maximum absolute atomic E-state index is 11.4. The Kier molecular flexibility index (Phi) is 3.22. The van der Waals surface area contributed by atoms with Gasteiger partial charge in [-0.3, -0.25) is 0 Å². The largest absolute Gasteiger partial charge is 0.247 e. The smallest absolute Gasteiger partial charge is 0.227 e. The van der Waals surface area contributed by atoms with Crippen molar-refractivity contribution >= 4 is 21.4 Å². The van der Waals surface area contributed by atoms with E-state index in [1.54, 1.807) is 13.0 Å². The molecule has 0 aliphatic rings.